The minimum absolute atomic E-state index is 0.0368. The quantitative estimate of drug-likeness (QED) is 0.0197. The van der Waals surface area contributed by atoms with E-state index in [9.17, 15) is 9.36 Å². The SMILES string of the molecule is CCCCCCCCCCCCCC/C=C/OC[C@H](COP(=O)(O)O)OC(=O)CCC/C=C\C/C=C\C/C=C\C/C=C\CCCCCO. The summed E-state index contributed by atoms with van der Waals surface area (Å²) in [6.45, 7) is 2.06. The number of phosphoric ester groups is 1. The van der Waals surface area contributed by atoms with Gasteiger partial charge in [-0.1, -0.05) is 133 Å². The Labute approximate surface area is 293 Å². The van der Waals surface area contributed by atoms with Crippen molar-refractivity contribution in [3.05, 3.63) is 60.9 Å². The molecule has 0 radical (unpaired) electrons. The third kappa shape index (κ3) is 38.5. The first-order chi connectivity index (χ1) is 23.4. The highest BCUT2D eigenvalue weighted by Crippen LogP contribution is 2.35. The molecule has 0 saturated heterocycles. The highest BCUT2D eigenvalue weighted by Gasteiger charge is 2.21. The van der Waals surface area contributed by atoms with Crippen molar-refractivity contribution in [2.75, 3.05) is 19.8 Å². The smallest absolute Gasteiger partial charge is 0.469 e. The predicted molar refractivity (Wildman–Crippen MR) is 198 cm³/mol. The van der Waals surface area contributed by atoms with Crippen LogP contribution in [0, 0.1) is 0 Å². The molecule has 0 aliphatic carbocycles. The molecule has 0 bridgehead atoms. The van der Waals surface area contributed by atoms with Crippen molar-refractivity contribution in [1.29, 1.82) is 0 Å². The number of hydrogen-bond acceptors (Lipinski definition) is 6. The summed E-state index contributed by atoms with van der Waals surface area (Å²) >= 11 is 0. The van der Waals surface area contributed by atoms with Crippen molar-refractivity contribution < 1.29 is 38.3 Å². The number of rotatable bonds is 35. The Kier molecular flexibility index (Phi) is 34.8. The van der Waals surface area contributed by atoms with Gasteiger partial charge in [0, 0.05) is 13.0 Å². The van der Waals surface area contributed by atoms with E-state index in [0.717, 1.165) is 64.2 Å². The molecular weight excluding hydrogens is 627 g/mol. The van der Waals surface area contributed by atoms with Gasteiger partial charge in [0.05, 0.1) is 12.9 Å². The second kappa shape index (κ2) is 36.3. The summed E-state index contributed by atoms with van der Waals surface area (Å²) in [6, 6.07) is 0. The molecule has 0 aromatic rings. The van der Waals surface area contributed by atoms with Gasteiger partial charge < -0.3 is 24.4 Å². The van der Waals surface area contributed by atoms with Crippen LogP contribution in [0.5, 0.6) is 0 Å². The van der Waals surface area contributed by atoms with E-state index >= 15 is 0 Å². The number of aliphatic hydroxyl groups excluding tert-OH is 1. The number of esters is 1. The predicted octanol–water partition coefficient (Wildman–Crippen LogP) is 10.7. The average Bonchev–Trinajstić information content (AvgIpc) is 3.06. The van der Waals surface area contributed by atoms with Crippen molar-refractivity contribution >= 4 is 13.8 Å². The Bertz CT molecular complexity index is 906. The lowest BCUT2D eigenvalue weighted by atomic mass is 10.0. The van der Waals surface area contributed by atoms with Gasteiger partial charge in [0.25, 0.3) is 0 Å². The lowest BCUT2D eigenvalue weighted by Crippen LogP contribution is -2.27. The number of aliphatic hydroxyl groups is 1. The highest BCUT2D eigenvalue weighted by atomic mass is 31.2. The third-order valence-corrected chi connectivity index (χ3v) is 8.17. The van der Waals surface area contributed by atoms with Crippen LogP contribution in [0.2, 0.25) is 0 Å². The second-order valence-electron chi connectivity index (χ2n) is 12.3. The molecule has 0 saturated carbocycles. The van der Waals surface area contributed by atoms with Crippen LogP contribution in [-0.2, 0) is 23.4 Å². The van der Waals surface area contributed by atoms with Gasteiger partial charge in [-0.15, -0.1) is 0 Å². The lowest BCUT2D eigenvalue weighted by Gasteiger charge is -2.17. The maximum Gasteiger partial charge on any atom is 0.469 e. The Hall–Kier alpha value is -1.96. The summed E-state index contributed by atoms with van der Waals surface area (Å²) < 4.78 is 26.6. The van der Waals surface area contributed by atoms with Gasteiger partial charge in [-0.05, 0) is 70.3 Å². The van der Waals surface area contributed by atoms with Crippen LogP contribution in [-0.4, -0.2) is 46.8 Å². The van der Waals surface area contributed by atoms with Gasteiger partial charge in [0.2, 0.25) is 0 Å². The van der Waals surface area contributed by atoms with E-state index in [2.05, 4.69) is 54.0 Å². The molecule has 1 atom stereocenters. The zero-order valence-corrected chi connectivity index (χ0v) is 31.0. The summed E-state index contributed by atoms with van der Waals surface area (Å²) in [5, 5.41) is 8.76. The number of unbranched alkanes of at least 4 members (excludes halogenated alkanes) is 16. The van der Waals surface area contributed by atoms with Crippen molar-refractivity contribution in [3.8, 4) is 0 Å². The van der Waals surface area contributed by atoms with Gasteiger partial charge in [0.1, 0.15) is 6.61 Å². The summed E-state index contributed by atoms with van der Waals surface area (Å²) in [6.07, 6.45) is 44.6. The van der Waals surface area contributed by atoms with Crippen molar-refractivity contribution in [2.24, 2.45) is 0 Å². The summed E-state index contributed by atoms with van der Waals surface area (Å²) in [4.78, 5) is 30.4. The maximum atomic E-state index is 12.3. The van der Waals surface area contributed by atoms with Gasteiger partial charge >= 0.3 is 13.8 Å². The summed E-state index contributed by atoms with van der Waals surface area (Å²) in [5.41, 5.74) is 0. The minimum atomic E-state index is -4.69. The van der Waals surface area contributed by atoms with Gasteiger partial charge in [-0.3, -0.25) is 9.32 Å². The van der Waals surface area contributed by atoms with Gasteiger partial charge in [-0.2, -0.15) is 0 Å². The highest BCUT2D eigenvalue weighted by molar-refractivity contribution is 7.46. The molecule has 0 aromatic carbocycles. The number of carbonyl (C=O) groups excluding carboxylic acids is 1. The number of ether oxygens (including phenoxy) is 2. The fourth-order valence-corrected chi connectivity index (χ4v) is 5.27. The average molecular weight is 697 g/mol. The molecule has 0 spiro atoms. The van der Waals surface area contributed by atoms with Crippen molar-refractivity contribution in [3.63, 3.8) is 0 Å². The molecule has 278 valence electrons. The fraction of sp³-hybridized carbons (Fsp3) is 0.718. The maximum absolute atomic E-state index is 12.3. The van der Waals surface area contributed by atoms with Crippen LogP contribution in [0.4, 0.5) is 0 Å². The number of phosphoric acid groups is 1. The molecule has 0 rings (SSSR count). The zero-order valence-electron chi connectivity index (χ0n) is 30.1. The monoisotopic (exact) mass is 696 g/mol. The van der Waals surface area contributed by atoms with E-state index in [4.69, 9.17) is 24.4 Å². The first-order valence-electron chi connectivity index (χ1n) is 18.8. The minimum Gasteiger partial charge on any atom is -0.498 e. The lowest BCUT2D eigenvalue weighted by molar-refractivity contribution is -0.153. The topological polar surface area (TPSA) is 123 Å². The molecule has 8 nitrogen and oxygen atoms in total. The van der Waals surface area contributed by atoms with E-state index < -0.39 is 26.5 Å². The standard InChI is InChI=1S/C39H69O8P/c1-2-3-4-5-6-7-8-9-17-20-23-26-29-32-35-45-36-38(37-46-48(42,43)44)47-39(41)33-30-27-24-21-18-15-13-11-10-12-14-16-19-22-25-28-31-34-40/h10,12-13,15-16,19,21,24,32,35,38,40H,2-9,11,14,17-18,20,22-23,25-31,33-34,36-37H2,1H3,(H2,42,43,44)/b12-10-,15-13-,19-16-,24-21-,35-32+/t38-/m1/s1. The largest absolute Gasteiger partial charge is 0.498 e. The Morgan fingerprint density at radius 3 is 1.58 bits per heavy atom. The van der Waals surface area contributed by atoms with E-state index in [-0.39, 0.29) is 19.6 Å². The van der Waals surface area contributed by atoms with Crippen LogP contribution in [0.25, 0.3) is 0 Å². The Morgan fingerprint density at radius 2 is 1.06 bits per heavy atom. The van der Waals surface area contributed by atoms with Crippen LogP contribution >= 0.6 is 7.82 Å². The molecule has 48 heavy (non-hydrogen) atoms. The summed E-state index contributed by atoms with van der Waals surface area (Å²) in [7, 11) is -4.69. The first-order valence-corrected chi connectivity index (χ1v) is 20.3. The van der Waals surface area contributed by atoms with E-state index in [1.165, 1.54) is 70.6 Å². The molecule has 3 N–H and O–H groups in total. The fourth-order valence-electron chi connectivity index (χ4n) is 4.91. The number of carbonyl (C=O) groups is 1. The normalized spacial score (nSPS) is 13.2. The van der Waals surface area contributed by atoms with Crippen molar-refractivity contribution in [2.45, 2.75) is 161 Å². The number of allylic oxidation sites excluding steroid dienone is 9. The molecule has 0 aromatic heterocycles. The molecule has 0 aliphatic rings. The molecule has 0 amide bonds. The Morgan fingerprint density at radius 1 is 0.604 bits per heavy atom. The van der Waals surface area contributed by atoms with Crippen LogP contribution in [0.1, 0.15) is 155 Å². The Balaban J connectivity index is 4.01. The van der Waals surface area contributed by atoms with E-state index in [1.807, 2.05) is 12.2 Å². The van der Waals surface area contributed by atoms with Crippen molar-refractivity contribution in [1.82, 2.24) is 0 Å². The zero-order chi connectivity index (χ0) is 35.2. The molecule has 0 unspecified atom stereocenters. The molecule has 0 heterocycles. The van der Waals surface area contributed by atoms with Gasteiger partial charge in [0.15, 0.2) is 6.10 Å². The third-order valence-electron chi connectivity index (χ3n) is 7.69. The van der Waals surface area contributed by atoms with Gasteiger partial charge in [-0.25, -0.2) is 4.57 Å². The van der Waals surface area contributed by atoms with Crippen LogP contribution in [0.15, 0.2) is 60.9 Å². The van der Waals surface area contributed by atoms with E-state index in [0.29, 0.717) is 6.42 Å². The molecular formula is C39H69O8P. The molecule has 9 heteroatoms. The van der Waals surface area contributed by atoms with Crippen LogP contribution < -0.4 is 0 Å². The van der Waals surface area contributed by atoms with E-state index in [1.54, 1.807) is 6.26 Å². The number of hydrogen-bond donors (Lipinski definition) is 3. The molecule has 0 fully saturated rings. The second-order valence-corrected chi connectivity index (χ2v) is 13.6. The summed E-state index contributed by atoms with van der Waals surface area (Å²) in [5.74, 6) is -0.449. The van der Waals surface area contributed by atoms with Crippen LogP contribution in [0.3, 0.4) is 0 Å². The first kappa shape index (κ1) is 46.0. The molecule has 0 aliphatic heterocycles.